The van der Waals surface area contributed by atoms with Crippen LogP contribution >= 0.6 is 0 Å². The quantitative estimate of drug-likeness (QED) is 0.833. The lowest BCUT2D eigenvalue weighted by molar-refractivity contribution is -0.121. The molecule has 0 spiro atoms. The fourth-order valence-electron chi connectivity index (χ4n) is 2.77. The second-order valence-electron chi connectivity index (χ2n) is 6.03. The average Bonchev–Trinajstić information content (AvgIpc) is 3.32. The average molecular weight is 343 g/mol. The van der Waals surface area contributed by atoms with Gasteiger partial charge in [0, 0.05) is 18.2 Å². The molecule has 0 aliphatic carbocycles. The summed E-state index contributed by atoms with van der Waals surface area (Å²) in [5.74, 6) is -0.212. The Labute approximate surface area is 145 Å². The van der Waals surface area contributed by atoms with E-state index in [1.54, 1.807) is 6.07 Å². The van der Waals surface area contributed by atoms with Crippen LogP contribution in [-0.2, 0) is 9.53 Å². The first-order valence-electron chi connectivity index (χ1n) is 8.35. The van der Waals surface area contributed by atoms with E-state index < -0.39 is 5.91 Å². The van der Waals surface area contributed by atoms with Crippen molar-refractivity contribution in [3.8, 4) is 11.3 Å². The maximum atomic E-state index is 12.1. The zero-order chi connectivity index (χ0) is 17.6. The molecule has 2 heterocycles. The molecule has 2 unspecified atom stereocenters. The summed E-state index contributed by atoms with van der Waals surface area (Å²) in [6.45, 7) is 2.51. The molecule has 0 saturated carbocycles. The molecular weight excluding hydrogens is 322 g/mol. The summed E-state index contributed by atoms with van der Waals surface area (Å²) in [6.07, 6.45) is 2.00. The summed E-state index contributed by atoms with van der Waals surface area (Å²) in [7, 11) is 0. The smallest absolute Gasteiger partial charge is 0.273 e. The number of ether oxygens (including phenoxy) is 1. The molecule has 7 heteroatoms. The van der Waals surface area contributed by atoms with E-state index in [1.807, 2.05) is 37.3 Å². The minimum Gasteiger partial charge on any atom is -0.376 e. The third-order valence-corrected chi connectivity index (χ3v) is 4.12. The molecule has 3 rings (SSSR count). The highest BCUT2D eigenvalue weighted by molar-refractivity contribution is 5.95. The molecular formula is C18H21N3O4. The van der Waals surface area contributed by atoms with E-state index >= 15 is 0 Å². The summed E-state index contributed by atoms with van der Waals surface area (Å²) in [6, 6.07) is 10.8. The van der Waals surface area contributed by atoms with Crippen LogP contribution in [0.2, 0.25) is 0 Å². The monoisotopic (exact) mass is 343 g/mol. The molecule has 1 saturated heterocycles. The fourth-order valence-corrected chi connectivity index (χ4v) is 2.77. The number of nitrogens with zero attached hydrogens (tertiary/aromatic N) is 1. The Kier molecular flexibility index (Phi) is 5.45. The summed E-state index contributed by atoms with van der Waals surface area (Å²) in [4.78, 5) is 24.0. The minimum absolute atomic E-state index is 0.0450. The van der Waals surface area contributed by atoms with Gasteiger partial charge in [0.2, 0.25) is 5.91 Å². The molecule has 2 aromatic rings. The molecule has 1 aromatic heterocycles. The van der Waals surface area contributed by atoms with E-state index in [0.29, 0.717) is 5.76 Å². The van der Waals surface area contributed by atoms with Gasteiger partial charge in [-0.1, -0.05) is 35.5 Å². The maximum Gasteiger partial charge on any atom is 0.273 e. The summed E-state index contributed by atoms with van der Waals surface area (Å²) in [5.41, 5.74) is 0.969. The van der Waals surface area contributed by atoms with Gasteiger partial charge < -0.3 is 19.9 Å². The van der Waals surface area contributed by atoms with Crippen LogP contribution < -0.4 is 10.6 Å². The number of rotatable bonds is 6. The van der Waals surface area contributed by atoms with Crippen molar-refractivity contribution in [1.29, 1.82) is 0 Å². The normalized spacial score (nSPS) is 17.9. The zero-order valence-electron chi connectivity index (χ0n) is 14.0. The second-order valence-corrected chi connectivity index (χ2v) is 6.03. The number of hydrogen-bond donors (Lipinski definition) is 2. The Balaban J connectivity index is 1.49. The highest BCUT2D eigenvalue weighted by Gasteiger charge is 2.23. The molecule has 1 fully saturated rings. The van der Waals surface area contributed by atoms with E-state index in [9.17, 15) is 9.59 Å². The number of benzene rings is 1. The van der Waals surface area contributed by atoms with Crippen molar-refractivity contribution in [2.45, 2.75) is 31.9 Å². The van der Waals surface area contributed by atoms with Gasteiger partial charge in [-0.15, -0.1) is 0 Å². The van der Waals surface area contributed by atoms with Crippen LogP contribution in [0.15, 0.2) is 40.9 Å². The topological polar surface area (TPSA) is 93.5 Å². The van der Waals surface area contributed by atoms with Crippen LogP contribution in [0.1, 0.15) is 30.3 Å². The maximum absolute atomic E-state index is 12.1. The van der Waals surface area contributed by atoms with Gasteiger partial charge in [0.15, 0.2) is 11.5 Å². The number of carbonyl (C=O) groups is 2. The van der Waals surface area contributed by atoms with Crippen LogP contribution in [0.5, 0.6) is 0 Å². The number of hydrogen-bond acceptors (Lipinski definition) is 5. The van der Waals surface area contributed by atoms with Crippen LogP contribution in [0, 0.1) is 0 Å². The summed E-state index contributed by atoms with van der Waals surface area (Å²) in [5, 5.41) is 9.14. The van der Waals surface area contributed by atoms with Gasteiger partial charge in [0.05, 0.1) is 18.7 Å². The number of aromatic nitrogens is 1. The molecule has 2 atom stereocenters. The lowest BCUT2D eigenvalue weighted by atomic mass is 10.1. The Morgan fingerprint density at radius 2 is 2.12 bits per heavy atom. The van der Waals surface area contributed by atoms with Crippen LogP contribution in [0.3, 0.4) is 0 Å². The molecule has 1 aliphatic heterocycles. The van der Waals surface area contributed by atoms with Gasteiger partial charge in [-0.25, -0.2) is 0 Å². The van der Waals surface area contributed by atoms with Crippen molar-refractivity contribution in [2.75, 3.05) is 13.2 Å². The lowest BCUT2D eigenvalue weighted by Crippen LogP contribution is -2.45. The van der Waals surface area contributed by atoms with E-state index in [-0.39, 0.29) is 30.3 Å². The number of carbonyl (C=O) groups excluding carboxylic acids is 2. The molecule has 132 valence electrons. The van der Waals surface area contributed by atoms with Crippen molar-refractivity contribution in [3.05, 3.63) is 42.1 Å². The van der Waals surface area contributed by atoms with E-state index in [1.165, 1.54) is 0 Å². The summed E-state index contributed by atoms with van der Waals surface area (Å²) >= 11 is 0. The third-order valence-electron chi connectivity index (χ3n) is 4.12. The molecule has 0 radical (unpaired) electrons. The molecule has 1 aromatic carbocycles. The Morgan fingerprint density at radius 3 is 2.84 bits per heavy atom. The SMILES string of the molecule is CC(NC(=O)CNC(=O)c1cc(-c2ccccc2)on1)C1CCCO1. The predicted molar refractivity (Wildman–Crippen MR) is 90.9 cm³/mol. The predicted octanol–water partition coefficient (Wildman–Crippen LogP) is 1.76. The van der Waals surface area contributed by atoms with Crippen LogP contribution in [-0.4, -0.2) is 42.3 Å². The molecule has 2 N–H and O–H groups in total. The van der Waals surface area contributed by atoms with Gasteiger partial charge >= 0.3 is 0 Å². The standard InChI is InChI=1S/C18H21N3O4/c1-12(15-8-5-9-24-15)20-17(22)11-19-18(23)14-10-16(25-21-14)13-6-3-2-4-7-13/h2-4,6-7,10,12,15H,5,8-9,11H2,1H3,(H,19,23)(H,20,22). The lowest BCUT2D eigenvalue weighted by Gasteiger charge is -2.19. The van der Waals surface area contributed by atoms with Crippen molar-refractivity contribution in [2.24, 2.45) is 0 Å². The van der Waals surface area contributed by atoms with Gasteiger partial charge in [-0.3, -0.25) is 9.59 Å². The first-order chi connectivity index (χ1) is 12.1. The first-order valence-corrected chi connectivity index (χ1v) is 8.35. The van der Waals surface area contributed by atoms with Crippen LogP contribution in [0.4, 0.5) is 0 Å². The zero-order valence-corrected chi connectivity index (χ0v) is 14.0. The van der Waals surface area contributed by atoms with Crippen molar-refractivity contribution < 1.29 is 18.8 Å². The molecule has 2 amide bonds. The molecule has 25 heavy (non-hydrogen) atoms. The number of amides is 2. The fraction of sp³-hybridized carbons (Fsp3) is 0.389. The van der Waals surface area contributed by atoms with Crippen molar-refractivity contribution in [1.82, 2.24) is 15.8 Å². The van der Waals surface area contributed by atoms with Gasteiger partial charge in [0.1, 0.15) is 0 Å². The van der Waals surface area contributed by atoms with Crippen molar-refractivity contribution >= 4 is 11.8 Å². The van der Waals surface area contributed by atoms with E-state index in [0.717, 1.165) is 25.0 Å². The van der Waals surface area contributed by atoms with E-state index in [2.05, 4.69) is 15.8 Å². The highest BCUT2D eigenvalue weighted by Crippen LogP contribution is 2.19. The highest BCUT2D eigenvalue weighted by atomic mass is 16.5. The third kappa shape index (κ3) is 4.45. The van der Waals surface area contributed by atoms with E-state index in [4.69, 9.17) is 9.26 Å². The number of nitrogens with one attached hydrogen (secondary N) is 2. The Bertz CT molecular complexity index is 723. The Hall–Kier alpha value is -2.67. The molecule has 7 nitrogen and oxygen atoms in total. The Morgan fingerprint density at radius 1 is 1.32 bits per heavy atom. The van der Waals surface area contributed by atoms with Crippen molar-refractivity contribution in [3.63, 3.8) is 0 Å². The van der Waals surface area contributed by atoms with Gasteiger partial charge in [-0.05, 0) is 19.8 Å². The minimum atomic E-state index is -0.453. The molecule has 1 aliphatic rings. The first kappa shape index (κ1) is 17.2. The summed E-state index contributed by atoms with van der Waals surface area (Å²) < 4.78 is 10.7. The van der Waals surface area contributed by atoms with Gasteiger partial charge in [-0.2, -0.15) is 0 Å². The molecule has 0 bridgehead atoms. The second kappa shape index (κ2) is 7.94. The van der Waals surface area contributed by atoms with Crippen LogP contribution in [0.25, 0.3) is 11.3 Å². The largest absolute Gasteiger partial charge is 0.376 e. The van der Waals surface area contributed by atoms with Gasteiger partial charge in [0.25, 0.3) is 5.91 Å².